The summed E-state index contributed by atoms with van der Waals surface area (Å²) in [5, 5.41) is 10.7. The maximum absolute atomic E-state index is 13.1. The molecule has 0 aliphatic carbocycles. The lowest BCUT2D eigenvalue weighted by Crippen LogP contribution is -2.30. The summed E-state index contributed by atoms with van der Waals surface area (Å²) in [5.74, 6) is -2.28. The van der Waals surface area contributed by atoms with Crippen LogP contribution in [0, 0.1) is 0 Å². The van der Waals surface area contributed by atoms with Crippen molar-refractivity contribution in [2.45, 2.75) is 393 Å². The highest BCUT2D eigenvalue weighted by Gasteiger charge is 2.30. The van der Waals surface area contributed by atoms with Crippen molar-refractivity contribution in [1.29, 1.82) is 0 Å². The molecule has 0 bridgehead atoms. The highest BCUT2D eigenvalue weighted by atomic mass is 31.2. The van der Waals surface area contributed by atoms with E-state index in [0.29, 0.717) is 38.5 Å². The molecule has 0 aromatic carbocycles. The van der Waals surface area contributed by atoms with Crippen LogP contribution in [0.5, 0.6) is 0 Å². The fraction of sp³-hybridized carbons (Fsp3) is 0.770. The molecule has 0 aromatic rings. The Morgan fingerprint density at radius 3 is 0.755 bits per heavy atom. The van der Waals surface area contributed by atoms with Gasteiger partial charge in [0, 0.05) is 25.7 Å². The van der Waals surface area contributed by atoms with Gasteiger partial charge in [-0.05, 0) is 103 Å². The molecule has 0 aromatic heterocycles. The van der Waals surface area contributed by atoms with Gasteiger partial charge >= 0.3 is 39.5 Å². The maximum Gasteiger partial charge on any atom is 0.472 e. The predicted molar refractivity (Wildman–Crippen MR) is 436 cm³/mol. The second-order valence-corrected chi connectivity index (χ2v) is 31.3. The van der Waals surface area contributed by atoms with Crippen molar-refractivity contribution in [2.24, 2.45) is 0 Å². The minimum absolute atomic E-state index is 0.0205. The first-order chi connectivity index (χ1) is 51.7. The number of aliphatic hydroxyl groups excluding tert-OH is 1. The van der Waals surface area contributed by atoms with Crippen LogP contribution in [0.15, 0.2) is 97.2 Å². The normalized spacial score (nSPS) is 14.3. The number of esters is 4. The Hall–Kier alpha value is -4.02. The fourth-order valence-electron chi connectivity index (χ4n) is 11.6. The van der Waals surface area contributed by atoms with E-state index in [1.807, 2.05) is 24.3 Å². The molecule has 19 heteroatoms. The SMILES string of the molecule is CCCCC/C=C\C/C=C\C/C=C\C/C=C\CCCC(=O)OC[C@H](COP(=O)(O)OC[C@@H](O)COP(=O)(O)OC[C@@H](COC(=O)CCCCCCCCCCCCCCCCC)OC(=O)CCC/C=C\C/C=C\C/C=C\C/C=C\CCCCC)OC(=O)CCCCCCCCCCCCCCCCCCC. The molecule has 106 heavy (non-hydrogen) atoms. The molecule has 3 N–H and O–H groups in total. The Labute approximate surface area is 646 Å². The van der Waals surface area contributed by atoms with Gasteiger partial charge in [0.05, 0.1) is 26.4 Å². The van der Waals surface area contributed by atoms with Gasteiger partial charge < -0.3 is 33.8 Å². The van der Waals surface area contributed by atoms with Gasteiger partial charge in [0.2, 0.25) is 0 Å². The van der Waals surface area contributed by atoms with E-state index in [4.69, 9.17) is 37.0 Å². The third-order valence-corrected chi connectivity index (χ3v) is 20.0. The van der Waals surface area contributed by atoms with E-state index >= 15 is 0 Å². The molecular weight excluding hydrogens is 1380 g/mol. The van der Waals surface area contributed by atoms with Crippen LogP contribution in [0.1, 0.15) is 374 Å². The number of unbranched alkanes of at least 4 members (excludes halogenated alkanes) is 38. The van der Waals surface area contributed by atoms with Crippen LogP contribution in [0.2, 0.25) is 0 Å². The molecule has 0 heterocycles. The maximum atomic E-state index is 13.1. The van der Waals surface area contributed by atoms with Gasteiger partial charge in [-0.3, -0.25) is 37.3 Å². The number of hydrogen-bond acceptors (Lipinski definition) is 15. The molecule has 0 amide bonds. The first-order valence-electron chi connectivity index (χ1n) is 42.5. The largest absolute Gasteiger partial charge is 0.472 e. The summed E-state index contributed by atoms with van der Waals surface area (Å²) in [5.41, 5.74) is 0. The van der Waals surface area contributed by atoms with Crippen molar-refractivity contribution in [3.63, 3.8) is 0 Å². The first-order valence-corrected chi connectivity index (χ1v) is 45.5. The predicted octanol–water partition coefficient (Wildman–Crippen LogP) is 25.1. The summed E-state index contributed by atoms with van der Waals surface area (Å²) in [4.78, 5) is 73.1. The van der Waals surface area contributed by atoms with Crippen LogP contribution >= 0.6 is 15.6 Å². The van der Waals surface area contributed by atoms with Crippen molar-refractivity contribution in [2.75, 3.05) is 39.6 Å². The minimum Gasteiger partial charge on any atom is -0.462 e. The molecule has 5 atom stereocenters. The molecule has 17 nitrogen and oxygen atoms in total. The lowest BCUT2D eigenvalue weighted by Gasteiger charge is -2.21. The Bertz CT molecular complexity index is 2380. The highest BCUT2D eigenvalue weighted by Crippen LogP contribution is 2.45. The smallest absolute Gasteiger partial charge is 0.462 e. The lowest BCUT2D eigenvalue weighted by atomic mass is 10.0. The average molecular weight is 1530 g/mol. The molecular formula is C87H154O17P2. The molecule has 0 radical (unpaired) electrons. The Morgan fingerprint density at radius 1 is 0.264 bits per heavy atom. The number of aliphatic hydroxyl groups is 1. The van der Waals surface area contributed by atoms with Gasteiger partial charge in [-0.2, -0.15) is 0 Å². The third kappa shape index (κ3) is 78.1. The molecule has 0 aliphatic rings. The van der Waals surface area contributed by atoms with Crippen LogP contribution in [-0.2, 0) is 65.4 Å². The van der Waals surface area contributed by atoms with Gasteiger partial charge in [-0.15, -0.1) is 0 Å². The summed E-state index contributed by atoms with van der Waals surface area (Å²) in [7, 11) is -9.99. The number of ether oxygens (including phenoxy) is 4. The van der Waals surface area contributed by atoms with E-state index < -0.39 is 97.5 Å². The molecule has 0 saturated carbocycles. The quantitative estimate of drug-likeness (QED) is 0.0169. The van der Waals surface area contributed by atoms with Gasteiger partial charge in [0.15, 0.2) is 12.2 Å². The number of phosphoric ester groups is 2. The van der Waals surface area contributed by atoms with Crippen LogP contribution in [0.4, 0.5) is 0 Å². The monoisotopic (exact) mass is 1530 g/mol. The third-order valence-electron chi connectivity index (χ3n) is 18.1. The molecule has 614 valence electrons. The Balaban J connectivity index is 5.44. The first kappa shape index (κ1) is 102. The molecule has 0 rings (SSSR count). The fourth-order valence-corrected chi connectivity index (χ4v) is 13.1. The second-order valence-electron chi connectivity index (χ2n) is 28.4. The standard InChI is InChI=1S/C87H154O17P2/c1-5-9-13-17-21-25-29-33-37-40-44-48-52-56-60-64-68-72-85(90)98-78-83(104-87(92)74-70-66-62-58-54-50-46-42-39-35-31-27-23-19-15-11-7-3)80-102-106(95,96)100-76-81(88)75-99-105(93,94)101-79-82(77-97-84(89)71-67-63-59-55-51-47-43-36-32-28-24-20-16-12-8-4)103-86(91)73-69-65-61-57-53-49-45-41-38-34-30-26-22-18-14-10-6-2/h21-22,25-26,33-34,37-38,44-45,48-49,56-57,60-61,81-83,88H,5-20,23-24,27-32,35-36,39-43,46-47,50-55,58-59,62-80H2,1-4H3,(H,93,94)(H,95,96)/b25-21-,26-22-,37-33-,38-34-,48-44-,49-45-,60-56-,61-57-/t81-,82+,83+/m0/s1. The van der Waals surface area contributed by atoms with E-state index in [-0.39, 0.29) is 25.7 Å². The van der Waals surface area contributed by atoms with Crippen molar-refractivity contribution in [1.82, 2.24) is 0 Å². The van der Waals surface area contributed by atoms with E-state index in [1.165, 1.54) is 186 Å². The summed E-state index contributed by atoms with van der Waals surface area (Å²) < 4.78 is 68.7. The highest BCUT2D eigenvalue weighted by molar-refractivity contribution is 7.47. The zero-order valence-electron chi connectivity index (χ0n) is 67.3. The number of carbonyl (C=O) groups excluding carboxylic acids is 4. The lowest BCUT2D eigenvalue weighted by molar-refractivity contribution is -0.161. The Morgan fingerprint density at radius 2 is 0.472 bits per heavy atom. The number of hydrogen-bond donors (Lipinski definition) is 3. The van der Waals surface area contributed by atoms with Gasteiger partial charge in [-0.1, -0.05) is 343 Å². The number of rotatable bonds is 80. The van der Waals surface area contributed by atoms with Crippen LogP contribution in [0.25, 0.3) is 0 Å². The summed E-state index contributed by atoms with van der Waals surface area (Å²) in [6.07, 6.45) is 85.3. The van der Waals surface area contributed by atoms with Crippen LogP contribution in [0.3, 0.4) is 0 Å². The van der Waals surface area contributed by atoms with E-state index in [1.54, 1.807) is 0 Å². The van der Waals surface area contributed by atoms with Crippen molar-refractivity contribution >= 4 is 39.5 Å². The van der Waals surface area contributed by atoms with E-state index in [0.717, 1.165) is 96.3 Å². The molecule has 0 spiro atoms. The van der Waals surface area contributed by atoms with Crippen molar-refractivity contribution < 1.29 is 80.2 Å². The summed E-state index contributed by atoms with van der Waals surface area (Å²) >= 11 is 0. The summed E-state index contributed by atoms with van der Waals surface area (Å²) in [6, 6.07) is 0. The molecule has 0 saturated heterocycles. The van der Waals surface area contributed by atoms with E-state index in [9.17, 15) is 43.2 Å². The zero-order chi connectivity index (χ0) is 77.4. The van der Waals surface area contributed by atoms with Crippen LogP contribution < -0.4 is 0 Å². The topological polar surface area (TPSA) is 237 Å². The second kappa shape index (κ2) is 79.1. The average Bonchev–Trinajstić information content (AvgIpc) is 0.905. The van der Waals surface area contributed by atoms with Gasteiger partial charge in [0.1, 0.15) is 19.3 Å². The minimum atomic E-state index is -4.99. The molecule has 0 aliphatic heterocycles. The van der Waals surface area contributed by atoms with Crippen LogP contribution in [-0.4, -0.2) is 96.7 Å². The number of carbonyl (C=O) groups is 4. The summed E-state index contributed by atoms with van der Waals surface area (Å²) in [6.45, 7) is 4.77. The van der Waals surface area contributed by atoms with Crippen molar-refractivity contribution in [3.8, 4) is 0 Å². The Kier molecular flexibility index (Phi) is 76.1. The van der Waals surface area contributed by atoms with E-state index in [2.05, 4.69) is 101 Å². The number of phosphoric acid groups is 2. The molecule has 0 fully saturated rings. The number of allylic oxidation sites excluding steroid dienone is 16. The van der Waals surface area contributed by atoms with Crippen molar-refractivity contribution in [3.05, 3.63) is 97.2 Å². The van der Waals surface area contributed by atoms with Gasteiger partial charge in [0.25, 0.3) is 0 Å². The zero-order valence-corrected chi connectivity index (χ0v) is 69.1. The molecule has 2 unspecified atom stereocenters. The van der Waals surface area contributed by atoms with Gasteiger partial charge in [-0.25, -0.2) is 9.13 Å².